The summed E-state index contributed by atoms with van der Waals surface area (Å²) < 4.78 is 16.7. The van der Waals surface area contributed by atoms with E-state index in [-0.39, 0.29) is 31.1 Å². The lowest BCUT2D eigenvalue weighted by atomic mass is 10.1. The van der Waals surface area contributed by atoms with E-state index in [0.717, 1.165) is 89.9 Å². The van der Waals surface area contributed by atoms with Gasteiger partial charge in [0.25, 0.3) is 0 Å². The fourth-order valence-corrected chi connectivity index (χ4v) is 6.78. The molecule has 0 bridgehead atoms. The second-order valence-corrected chi connectivity index (χ2v) is 16.4. The maximum atomic E-state index is 12.7. The van der Waals surface area contributed by atoms with Gasteiger partial charge in [-0.3, -0.25) is 14.4 Å². The Morgan fingerprint density at radius 2 is 0.638 bits per heavy atom. The number of ether oxygens (including phenoxy) is 3. The van der Waals surface area contributed by atoms with E-state index in [1.807, 2.05) is 0 Å². The Labute approximate surface area is 358 Å². The highest BCUT2D eigenvalue weighted by molar-refractivity contribution is 5.71. The van der Waals surface area contributed by atoms with Gasteiger partial charge >= 0.3 is 17.9 Å². The van der Waals surface area contributed by atoms with Crippen molar-refractivity contribution in [1.82, 2.24) is 0 Å². The van der Waals surface area contributed by atoms with Crippen molar-refractivity contribution in [2.75, 3.05) is 13.2 Å². The Balaban J connectivity index is 4.33. The number of allylic oxidation sites excluding steroid dienone is 8. The van der Waals surface area contributed by atoms with Gasteiger partial charge in [0, 0.05) is 19.3 Å². The van der Waals surface area contributed by atoms with Crippen LogP contribution in [0, 0.1) is 0 Å². The topological polar surface area (TPSA) is 78.9 Å². The summed E-state index contributed by atoms with van der Waals surface area (Å²) in [6.45, 7) is 6.54. The van der Waals surface area contributed by atoms with Crippen LogP contribution in [0.2, 0.25) is 0 Å². The van der Waals surface area contributed by atoms with Crippen LogP contribution in [0.15, 0.2) is 48.6 Å². The third kappa shape index (κ3) is 44.5. The predicted octanol–water partition coefficient (Wildman–Crippen LogP) is 15.9. The van der Waals surface area contributed by atoms with E-state index < -0.39 is 6.10 Å². The first-order chi connectivity index (χ1) is 28.5. The van der Waals surface area contributed by atoms with Gasteiger partial charge in [0.15, 0.2) is 6.10 Å². The molecule has 0 fully saturated rings. The Kier molecular flexibility index (Phi) is 44.9. The number of unbranched alkanes of at least 4 members (excludes halogenated alkanes) is 25. The second kappa shape index (κ2) is 47.1. The molecule has 6 nitrogen and oxygen atoms in total. The van der Waals surface area contributed by atoms with Gasteiger partial charge in [-0.25, -0.2) is 0 Å². The molecular formula is C52H92O6. The van der Waals surface area contributed by atoms with Gasteiger partial charge in [-0.05, 0) is 77.0 Å². The number of carbonyl (C=O) groups is 3. The molecule has 6 heteroatoms. The fourth-order valence-electron chi connectivity index (χ4n) is 6.78. The van der Waals surface area contributed by atoms with Crippen molar-refractivity contribution in [3.8, 4) is 0 Å². The van der Waals surface area contributed by atoms with Crippen LogP contribution in [0.1, 0.15) is 245 Å². The normalized spacial score (nSPS) is 12.4. The van der Waals surface area contributed by atoms with Crippen molar-refractivity contribution in [3.63, 3.8) is 0 Å². The number of rotatable bonds is 44. The van der Waals surface area contributed by atoms with Gasteiger partial charge < -0.3 is 14.2 Å². The van der Waals surface area contributed by atoms with Crippen molar-refractivity contribution >= 4 is 17.9 Å². The van der Waals surface area contributed by atoms with Gasteiger partial charge in [-0.2, -0.15) is 0 Å². The first kappa shape index (κ1) is 55.4. The zero-order valence-corrected chi connectivity index (χ0v) is 38.3. The molecule has 0 rings (SSSR count). The lowest BCUT2D eigenvalue weighted by Gasteiger charge is -2.18. The molecule has 0 N–H and O–H groups in total. The van der Waals surface area contributed by atoms with Crippen molar-refractivity contribution in [1.29, 1.82) is 0 Å². The van der Waals surface area contributed by atoms with Crippen LogP contribution in [-0.2, 0) is 28.6 Å². The largest absolute Gasteiger partial charge is 0.462 e. The summed E-state index contributed by atoms with van der Waals surface area (Å²) in [5.41, 5.74) is 0. The molecule has 0 aliphatic heterocycles. The molecule has 0 radical (unpaired) electrons. The maximum absolute atomic E-state index is 12.7. The Morgan fingerprint density at radius 1 is 0.345 bits per heavy atom. The zero-order chi connectivity index (χ0) is 42.3. The summed E-state index contributed by atoms with van der Waals surface area (Å²) in [5.74, 6) is -0.901. The van der Waals surface area contributed by atoms with Crippen LogP contribution in [0.25, 0.3) is 0 Å². The quantitative estimate of drug-likeness (QED) is 0.0264. The van der Waals surface area contributed by atoms with Crippen LogP contribution in [0.4, 0.5) is 0 Å². The lowest BCUT2D eigenvalue weighted by molar-refractivity contribution is -0.167. The number of hydrogen-bond acceptors (Lipinski definition) is 6. The standard InChI is InChI=1S/C52H92O6/c1-4-7-10-13-16-19-22-23-24-25-26-27-28-29-31-33-36-39-42-45-51(54)57-48-49(47-56-50(53)44-41-38-35-32-21-18-15-12-9-6-3)58-52(55)46-43-40-37-34-30-20-17-14-11-8-5-2/h14,16-17,19,23-24,26-27,49H,4-13,15,18,20-22,25,28-48H2,1-3H3/b17-14-,19-16-,24-23-,27-26-/t49-/m1/s1. The fraction of sp³-hybridized carbons (Fsp3) is 0.788. The van der Waals surface area contributed by atoms with Crippen LogP contribution in [0.5, 0.6) is 0 Å². The molecule has 0 aromatic rings. The molecule has 0 aromatic heterocycles. The highest BCUT2D eigenvalue weighted by Gasteiger charge is 2.19. The van der Waals surface area contributed by atoms with Gasteiger partial charge in [0.1, 0.15) is 13.2 Å². The molecule has 0 saturated heterocycles. The summed E-state index contributed by atoms with van der Waals surface area (Å²) in [5, 5.41) is 0. The summed E-state index contributed by atoms with van der Waals surface area (Å²) >= 11 is 0. The molecule has 0 spiro atoms. The minimum Gasteiger partial charge on any atom is -0.462 e. The van der Waals surface area contributed by atoms with E-state index in [9.17, 15) is 14.4 Å². The molecule has 0 aromatic carbocycles. The maximum Gasteiger partial charge on any atom is 0.306 e. The van der Waals surface area contributed by atoms with E-state index in [1.54, 1.807) is 0 Å². The molecular weight excluding hydrogens is 721 g/mol. The average Bonchev–Trinajstić information content (AvgIpc) is 3.22. The molecule has 336 valence electrons. The van der Waals surface area contributed by atoms with Gasteiger partial charge in [-0.15, -0.1) is 0 Å². The molecule has 0 aliphatic rings. The predicted molar refractivity (Wildman–Crippen MR) is 247 cm³/mol. The second-order valence-electron chi connectivity index (χ2n) is 16.4. The molecule has 0 aliphatic carbocycles. The van der Waals surface area contributed by atoms with Gasteiger partial charge in [0.05, 0.1) is 0 Å². The van der Waals surface area contributed by atoms with E-state index in [4.69, 9.17) is 14.2 Å². The lowest BCUT2D eigenvalue weighted by Crippen LogP contribution is -2.30. The minimum absolute atomic E-state index is 0.0792. The molecule has 0 saturated carbocycles. The Bertz CT molecular complexity index is 1030. The Hall–Kier alpha value is -2.63. The van der Waals surface area contributed by atoms with Crippen LogP contribution in [0.3, 0.4) is 0 Å². The van der Waals surface area contributed by atoms with Crippen LogP contribution < -0.4 is 0 Å². The average molecular weight is 813 g/mol. The van der Waals surface area contributed by atoms with Crippen LogP contribution in [-0.4, -0.2) is 37.2 Å². The van der Waals surface area contributed by atoms with E-state index in [2.05, 4.69) is 69.4 Å². The molecule has 0 unspecified atom stereocenters. The van der Waals surface area contributed by atoms with Gasteiger partial charge in [0.2, 0.25) is 0 Å². The monoisotopic (exact) mass is 813 g/mol. The van der Waals surface area contributed by atoms with Crippen molar-refractivity contribution in [2.45, 2.75) is 252 Å². The van der Waals surface area contributed by atoms with E-state index >= 15 is 0 Å². The molecule has 1 atom stereocenters. The number of carbonyl (C=O) groups excluding carboxylic acids is 3. The highest BCUT2D eigenvalue weighted by atomic mass is 16.6. The zero-order valence-electron chi connectivity index (χ0n) is 38.3. The van der Waals surface area contributed by atoms with E-state index in [0.29, 0.717) is 19.3 Å². The smallest absolute Gasteiger partial charge is 0.306 e. The molecule has 0 amide bonds. The SMILES string of the molecule is CCCC/C=C\CCCCCCCC(=O)O[C@@H](COC(=O)CCCCCCCC/C=C\C/C=C\C/C=C\CCCCC)COC(=O)CCCCCCCCCCCC. The summed E-state index contributed by atoms with van der Waals surface area (Å²) in [6.07, 6.45) is 55.2. The van der Waals surface area contributed by atoms with Crippen molar-refractivity contribution < 1.29 is 28.6 Å². The third-order valence-electron chi connectivity index (χ3n) is 10.6. The first-order valence-electron chi connectivity index (χ1n) is 24.6. The molecule has 0 heterocycles. The third-order valence-corrected chi connectivity index (χ3v) is 10.6. The highest BCUT2D eigenvalue weighted by Crippen LogP contribution is 2.14. The Morgan fingerprint density at radius 3 is 1.07 bits per heavy atom. The number of hydrogen-bond donors (Lipinski definition) is 0. The minimum atomic E-state index is -0.778. The summed E-state index contributed by atoms with van der Waals surface area (Å²) in [7, 11) is 0. The summed E-state index contributed by atoms with van der Waals surface area (Å²) in [6, 6.07) is 0. The molecule has 58 heavy (non-hydrogen) atoms. The summed E-state index contributed by atoms with van der Waals surface area (Å²) in [4.78, 5) is 37.8. The first-order valence-corrected chi connectivity index (χ1v) is 24.6. The number of esters is 3. The van der Waals surface area contributed by atoms with Gasteiger partial charge in [-0.1, -0.05) is 198 Å². The van der Waals surface area contributed by atoms with Crippen molar-refractivity contribution in [3.05, 3.63) is 48.6 Å². The van der Waals surface area contributed by atoms with Crippen LogP contribution >= 0.6 is 0 Å². The van der Waals surface area contributed by atoms with E-state index in [1.165, 1.54) is 116 Å². The van der Waals surface area contributed by atoms with Crippen molar-refractivity contribution in [2.24, 2.45) is 0 Å².